The van der Waals surface area contributed by atoms with E-state index >= 15 is 0 Å². The van der Waals surface area contributed by atoms with Gasteiger partial charge in [-0.1, -0.05) is 67.9 Å². The molecule has 0 bridgehead atoms. The first-order chi connectivity index (χ1) is 16.3. The van der Waals surface area contributed by atoms with Crippen LogP contribution in [-0.4, -0.2) is 37.5 Å². The number of carbonyl (C=O) groups excluding carboxylic acids is 2. The van der Waals surface area contributed by atoms with Crippen LogP contribution < -0.4 is 5.32 Å². The van der Waals surface area contributed by atoms with Crippen LogP contribution in [0.15, 0.2) is 77.7 Å². The van der Waals surface area contributed by atoms with E-state index in [0.29, 0.717) is 41.3 Å². The van der Waals surface area contributed by atoms with E-state index in [1.165, 1.54) is 4.31 Å². The van der Waals surface area contributed by atoms with Gasteiger partial charge in [-0.3, -0.25) is 9.59 Å². The first kappa shape index (κ1) is 25.6. The van der Waals surface area contributed by atoms with Crippen molar-refractivity contribution in [3.05, 3.63) is 94.5 Å². The molecule has 1 N–H and O–H groups in total. The molecule has 0 saturated carbocycles. The molecule has 0 atom stereocenters. The van der Waals surface area contributed by atoms with Crippen molar-refractivity contribution in [3.8, 4) is 0 Å². The van der Waals surface area contributed by atoms with Crippen molar-refractivity contribution in [1.29, 1.82) is 0 Å². The number of carbonyl (C=O) groups is 2. The van der Waals surface area contributed by atoms with Crippen LogP contribution >= 0.6 is 11.6 Å². The number of rotatable bonds is 10. The van der Waals surface area contributed by atoms with Gasteiger partial charge in [0.25, 0.3) is 0 Å². The first-order valence-electron chi connectivity index (χ1n) is 11.0. The number of anilines is 1. The number of nitrogens with zero attached hydrogens (tertiary/aromatic N) is 1. The third-order valence-electron chi connectivity index (χ3n) is 5.44. The third-order valence-corrected chi connectivity index (χ3v) is 7.74. The summed E-state index contributed by atoms with van der Waals surface area (Å²) >= 11 is 6.10. The van der Waals surface area contributed by atoms with Crippen molar-refractivity contribution >= 4 is 39.0 Å². The van der Waals surface area contributed by atoms with E-state index in [1.54, 1.807) is 80.6 Å². The number of sulfonamides is 1. The molecular weight excluding hydrogens is 472 g/mol. The fourth-order valence-corrected chi connectivity index (χ4v) is 5.20. The minimum Gasteiger partial charge on any atom is -0.325 e. The second kappa shape index (κ2) is 11.4. The lowest BCUT2D eigenvalue weighted by molar-refractivity contribution is -0.116. The first-order valence-corrected chi connectivity index (χ1v) is 12.9. The summed E-state index contributed by atoms with van der Waals surface area (Å²) in [5.74, 6) is -0.493. The Morgan fingerprint density at radius 3 is 2.18 bits per heavy atom. The molecule has 8 heteroatoms. The van der Waals surface area contributed by atoms with Gasteiger partial charge < -0.3 is 5.32 Å². The second-order valence-corrected chi connectivity index (χ2v) is 10.0. The second-order valence-electron chi connectivity index (χ2n) is 7.67. The Balaban J connectivity index is 1.68. The van der Waals surface area contributed by atoms with Gasteiger partial charge in [0.2, 0.25) is 15.9 Å². The molecule has 0 radical (unpaired) electrons. The summed E-state index contributed by atoms with van der Waals surface area (Å²) in [5.41, 5.74) is 2.05. The largest absolute Gasteiger partial charge is 0.325 e. The molecule has 3 rings (SSSR count). The molecule has 1 amide bonds. The molecule has 0 saturated heterocycles. The molecule has 0 aliphatic rings. The minimum atomic E-state index is -3.52. The zero-order valence-corrected chi connectivity index (χ0v) is 20.7. The monoisotopic (exact) mass is 498 g/mol. The van der Waals surface area contributed by atoms with E-state index in [0.717, 1.165) is 5.56 Å². The number of hydrogen-bond acceptors (Lipinski definition) is 4. The quantitative estimate of drug-likeness (QED) is 0.391. The van der Waals surface area contributed by atoms with Gasteiger partial charge >= 0.3 is 0 Å². The molecule has 6 nitrogen and oxygen atoms in total. The minimum absolute atomic E-state index is 0.170. The summed E-state index contributed by atoms with van der Waals surface area (Å²) in [4.78, 5) is 25.8. The standard InChI is InChI=1S/C26H27ClN2O4S/c1-3-29(4-2)34(32,33)22-14-10-19(11-15-22)12-17-25(30)28-24-16-13-21(27)18-23(24)26(31)20-8-6-5-7-9-20/h5-11,13-16,18H,3-4,12,17H2,1-2H3,(H,28,30). The molecule has 3 aromatic carbocycles. The van der Waals surface area contributed by atoms with Crippen LogP contribution in [0.2, 0.25) is 5.02 Å². The van der Waals surface area contributed by atoms with Crippen LogP contribution in [-0.2, 0) is 21.2 Å². The highest BCUT2D eigenvalue weighted by molar-refractivity contribution is 7.89. The van der Waals surface area contributed by atoms with E-state index in [-0.39, 0.29) is 23.0 Å². The summed E-state index contributed by atoms with van der Waals surface area (Å²) in [6, 6.07) is 20.1. The Bertz CT molecular complexity index is 1260. The zero-order chi connectivity index (χ0) is 24.7. The van der Waals surface area contributed by atoms with Crippen molar-refractivity contribution in [3.63, 3.8) is 0 Å². The van der Waals surface area contributed by atoms with Crippen LogP contribution in [0.4, 0.5) is 5.69 Å². The Kier molecular flexibility index (Phi) is 8.61. The van der Waals surface area contributed by atoms with Crippen LogP contribution in [0.5, 0.6) is 0 Å². The Morgan fingerprint density at radius 2 is 1.56 bits per heavy atom. The van der Waals surface area contributed by atoms with Crippen LogP contribution in [0, 0.1) is 0 Å². The van der Waals surface area contributed by atoms with Crippen molar-refractivity contribution in [1.82, 2.24) is 4.31 Å². The molecule has 0 unspecified atom stereocenters. The van der Waals surface area contributed by atoms with Crippen molar-refractivity contribution in [2.45, 2.75) is 31.6 Å². The molecule has 0 spiro atoms. The maximum Gasteiger partial charge on any atom is 0.243 e. The Hall–Kier alpha value is -3.00. The molecule has 0 aliphatic heterocycles. The van der Waals surface area contributed by atoms with Gasteiger partial charge in [0.15, 0.2) is 5.78 Å². The highest BCUT2D eigenvalue weighted by Gasteiger charge is 2.21. The molecule has 0 aliphatic carbocycles. The van der Waals surface area contributed by atoms with Crippen LogP contribution in [0.25, 0.3) is 0 Å². The Labute approximate surface area is 205 Å². The van der Waals surface area contributed by atoms with E-state index in [2.05, 4.69) is 5.32 Å². The summed E-state index contributed by atoms with van der Waals surface area (Å²) in [5, 5.41) is 3.20. The molecule has 178 valence electrons. The average Bonchev–Trinajstić information content (AvgIpc) is 2.85. The number of halogens is 1. The number of nitrogens with one attached hydrogen (secondary N) is 1. The lowest BCUT2D eigenvalue weighted by atomic mass is 10.0. The molecule has 0 aromatic heterocycles. The lowest BCUT2D eigenvalue weighted by Crippen LogP contribution is -2.30. The molecule has 0 fully saturated rings. The summed E-state index contributed by atoms with van der Waals surface area (Å²) in [6.45, 7) is 4.40. The van der Waals surface area contributed by atoms with Crippen LogP contribution in [0.1, 0.15) is 41.8 Å². The highest BCUT2D eigenvalue weighted by atomic mass is 35.5. The maximum absolute atomic E-state index is 12.9. The number of ketones is 1. The zero-order valence-electron chi connectivity index (χ0n) is 19.1. The topological polar surface area (TPSA) is 83.6 Å². The number of aryl methyl sites for hydroxylation is 1. The van der Waals surface area contributed by atoms with E-state index in [1.807, 2.05) is 6.07 Å². The Morgan fingerprint density at radius 1 is 0.912 bits per heavy atom. The smallest absolute Gasteiger partial charge is 0.243 e. The van der Waals surface area contributed by atoms with Gasteiger partial charge in [-0.15, -0.1) is 0 Å². The average molecular weight is 499 g/mol. The maximum atomic E-state index is 12.9. The van der Waals surface area contributed by atoms with Gasteiger partial charge in [-0.25, -0.2) is 8.42 Å². The fourth-order valence-electron chi connectivity index (χ4n) is 3.57. The number of benzene rings is 3. The number of amides is 1. The van der Waals surface area contributed by atoms with Crippen molar-refractivity contribution in [2.75, 3.05) is 18.4 Å². The third kappa shape index (κ3) is 6.11. The normalized spacial score (nSPS) is 11.4. The van der Waals surface area contributed by atoms with Gasteiger partial charge in [-0.05, 0) is 42.3 Å². The lowest BCUT2D eigenvalue weighted by Gasteiger charge is -2.18. The summed E-state index contributed by atoms with van der Waals surface area (Å²) in [6.07, 6.45) is 0.594. The van der Waals surface area contributed by atoms with Gasteiger partial charge in [0.05, 0.1) is 10.6 Å². The molecule has 0 heterocycles. The summed E-state index contributed by atoms with van der Waals surface area (Å²) in [7, 11) is -3.52. The van der Waals surface area contributed by atoms with E-state index in [4.69, 9.17) is 11.6 Å². The van der Waals surface area contributed by atoms with Crippen molar-refractivity contribution in [2.24, 2.45) is 0 Å². The predicted octanol–water partition coefficient (Wildman–Crippen LogP) is 5.17. The van der Waals surface area contributed by atoms with E-state index < -0.39 is 10.0 Å². The van der Waals surface area contributed by atoms with Crippen LogP contribution in [0.3, 0.4) is 0 Å². The summed E-state index contributed by atoms with van der Waals surface area (Å²) < 4.78 is 26.6. The van der Waals surface area contributed by atoms with Gasteiger partial charge in [0.1, 0.15) is 0 Å². The number of hydrogen-bond donors (Lipinski definition) is 1. The SMILES string of the molecule is CCN(CC)S(=O)(=O)c1ccc(CCC(=O)Nc2ccc(Cl)cc2C(=O)c2ccccc2)cc1. The highest BCUT2D eigenvalue weighted by Crippen LogP contribution is 2.24. The van der Waals surface area contributed by atoms with E-state index in [9.17, 15) is 18.0 Å². The van der Waals surface area contributed by atoms with Crippen molar-refractivity contribution < 1.29 is 18.0 Å². The molecule has 3 aromatic rings. The molecule has 34 heavy (non-hydrogen) atoms. The fraction of sp³-hybridized carbons (Fsp3) is 0.231. The van der Waals surface area contributed by atoms with Gasteiger partial charge in [-0.2, -0.15) is 4.31 Å². The predicted molar refractivity (Wildman–Crippen MR) is 135 cm³/mol. The molecular formula is C26H27ClN2O4S. The van der Waals surface area contributed by atoms with Gasteiger partial charge in [0, 0.05) is 35.7 Å².